The van der Waals surface area contributed by atoms with Crippen molar-refractivity contribution in [3.05, 3.63) is 83.6 Å². The Labute approximate surface area is 234 Å². The topological polar surface area (TPSA) is 42.4 Å². The molecule has 1 N–H and O–H groups in total. The molecule has 10 heteroatoms. The maximum absolute atomic E-state index is 13.7. The number of quaternary nitrogens is 1. The van der Waals surface area contributed by atoms with Gasteiger partial charge >= 0.3 is 12.4 Å². The Bertz CT molecular complexity index is 1400. The van der Waals surface area contributed by atoms with E-state index in [2.05, 4.69) is 11.6 Å². The van der Waals surface area contributed by atoms with Gasteiger partial charge in [-0.05, 0) is 67.8 Å². The van der Waals surface area contributed by atoms with Gasteiger partial charge in [0.15, 0.2) is 0 Å². The fourth-order valence-electron chi connectivity index (χ4n) is 6.81. The molecule has 41 heavy (non-hydrogen) atoms. The van der Waals surface area contributed by atoms with E-state index in [0.717, 1.165) is 18.6 Å². The first kappa shape index (κ1) is 29.4. The van der Waals surface area contributed by atoms with Gasteiger partial charge in [-0.15, -0.1) is 6.58 Å². The maximum atomic E-state index is 13.7. The van der Waals surface area contributed by atoms with Gasteiger partial charge in [-0.2, -0.15) is 26.3 Å². The summed E-state index contributed by atoms with van der Waals surface area (Å²) in [5.41, 5.74) is -1.46. The van der Waals surface area contributed by atoms with Gasteiger partial charge in [0.2, 0.25) is 0 Å². The lowest BCUT2D eigenvalue weighted by atomic mass is 9.71. The number of hydrogen-bond donors (Lipinski definition) is 1. The van der Waals surface area contributed by atoms with Crippen LogP contribution in [0.3, 0.4) is 0 Å². The van der Waals surface area contributed by atoms with Gasteiger partial charge in [0, 0.05) is 35.9 Å². The second kappa shape index (κ2) is 10.6. The normalized spacial score (nSPS) is 25.5. The van der Waals surface area contributed by atoms with Gasteiger partial charge < -0.3 is 14.3 Å². The highest BCUT2D eigenvalue weighted by Crippen LogP contribution is 2.49. The summed E-state index contributed by atoms with van der Waals surface area (Å²) in [5, 5.41) is 12.6. The molecule has 4 nitrogen and oxygen atoms in total. The molecular weight excluding hydrogens is 546 g/mol. The van der Waals surface area contributed by atoms with Crippen molar-refractivity contribution in [2.45, 2.75) is 63.8 Å². The zero-order valence-corrected chi connectivity index (χ0v) is 22.8. The lowest BCUT2D eigenvalue weighted by Crippen LogP contribution is -2.67. The van der Waals surface area contributed by atoms with Crippen molar-refractivity contribution in [2.24, 2.45) is 11.8 Å². The van der Waals surface area contributed by atoms with Crippen molar-refractivity contribution < 1.29 is 40.7 Å². The van der Waals surface area contributed by atoms with Crippen molar-refractivity contribution in [2.75, 3.05) is 13.1 Å². The molecule has 220 valence electrons. The number of aromatic nitrogens is 1. The van der Waals surface area contributed by atoms with Crippen LogP contribution in [0.25, 0.3) is 10.9 Å². The summed E-state index contributed by atoms with van der Waals surface area (Å²) in [5.74, 6) is 0.867. The van der Waals surface area contributed by atoms with Crippen LogP contribution in [0.15, 0.2) is 61.3 Å². The predicted molar refractivity (Wildman–Crippen MR) is 143 cm³/mol. The zero-order chi connectivity index (χ0) is 29.7. The second-order valence-corrected chi connectivity index (χ2v) is 11.6. The standard InChI is InChI=1S/C31H33F6N2O2/c1-4-20-17-39(16-19-11-22(30(32,33)34)14-23(12-19)31(35,36)37)10-8-21(20)13-28(39)29(40)25-7-9-38-27-6-5-24(15-26(25)27)41-18(2)3/h4-7,9,11-12,14-15,18,20-21,28-29,40H,1,8,10,13,16-17H2,2-3H3/q+1/t20-,21-,28+,29-,39+/m0/s1. The average Bonchev–Trinajstić information content (AvgIpc) is 2.90. The molecule has 0 saturated carbocycles. The van der Waals surface area contributed by atoms with Gasteiger partial charge in [0.25, 0.3) is 0 Å². The number of aliphatic hydroxyl groups excluding tert-OH is 1. The van der Waals surface area contributed by atoms with Gasteiger partial charge in [0.1, 0.15) is 24.4 Å². The Hall–Kier alpha value is -3.11. The number of hydrogen-bond acceptors (Lipinski definition) is 3. The number of rotatable bonds is 7. The maximum Gasteiger partial charge on any atom is 0.416 e. The molecule has 2 aromatic carbocycles. The van der Waals surface area contributed by atoms with E-state index in [1.165, 1.54) is 0 Å². The van der Waals surface area contributed by atoms with Crippen LogP contribution in [0.4, 0.5) is 26.3 Å². The van der Waals surface area contributed by atoms with Crippen LogP contribution < -0.4 is 4.74 Å². The number of aliphatic hydroxyl groups is 1. The van der Waals surface area contributed by atoms with E-state index >= 15 is 0 Å². The van der Waals surface area contributed by atoms with Crippen molar-refractivity contribution in [1.29, 1.82) is 0 Å². The van der Waals surface area contributed by atoms with Gasteiger partial charge in [-0.3, -0.25) is 4.98 Å². The first-order valence-electron chi connectivity index (χ1n) is 13.7. The minimum absolute atomic E-state index is 0.0420. The molecule has 0 unspecified atom stereocenters. The van der Waals surface area contributed by atoms with E-state index in [0.29, 0.717) is 41.7 Å². The number of fused-ring (bicyclic) bond motifs is 4. The second-order valence-electron chi connectivity index (χ2n) is 11.6. The fraction of sp³-hybridized carbons (Fsp3) is 0.452. The Morgan fingerprint density at radius 3 is 2.34 bits per heavy atom. The molecule has 5 atom stereocenters. The summed E-state index contributed by atoms with van der Waals surface area (Å²) >= 11 is 0. The fourth-order valence-corrected chi connectivity index (χ4v) is 6.81. The largest absolute Gasteiger partial charge is 0.491 e. The van der Waals surface area contributed by atoms with Gasteiger partial charge in [-0.25, -0.2) is 0 Å². The van der Waals surface area contributed by atoms with Crippen LogP contribution in [0, 0.1) is 11.8 Å². The summed E-state index contributed by atoms with van der Waals surface area (Å²) in [6.45, 7) is 8.67. The highest BCUT2D eigenvalue weighted by Gasteiger charge is 2.54. The highest BCUT2D eigenvalue weighted by molar-refractivity contribution is 5.84. The van der Waals surface area contributed by atoms with Crippen molar-refractivity contribution in [3.63, 3.8) is 0 Å². The minimum atomic E-state index is -4.93. The Kier molecular flexibility index (Phi) is 7.61. The van der Waals surface area contributed by atoms with Crippen LogP contribution in [0.5, 0.6) is 5.75 Å². The number of benzene rings is 2. The molecule has 0 spiro atoms. The SMILES string of the molecule is C=C[C@H]1C[N@+]2(Cc3cc(C(F)(F)F)cc(C(F)(F)F)c3)CC[C@H]1C[C@@H]2[C@@H](O)c1ccnc2ccc(OC(C)C)cc12. The van der Waals surface area contributed by atoms with Crippen molar-refractivity contribution in [1.82, 2.24) is 4.98 Å². The van der Waals surface area contributed by atoms with E-state index in [4.69, 9.17) is 4.74 Å². The Balaban J connectivity index is 1.58. The summed E-state index contributed by atoms with van der Waals surface area (Å²) in [7, 11) is 0. The van der Waals surface area contributed by atoms with Crippen molar-refractivity contribution >= 4 is 10.9 Å². The smallest absolute Gasteiger partial charge is 0.416 e. The third-order valence-corrected chi connectivity index (χ3v) is 8.62. The molecule has 3 fully saturated rings. The Morgan fingerprint density at radius 1 is 1.05 bits per heavy atom. The van der Waals surface area contributed by atoms with Gasteiger partial charge in [-0.1, -0.05) is 6.08 Å². The summed E-state index contributed by atoms with van der Waals surface area (Å²) in [4.78, 5) is 4.42. The van der Waals surface area contributed by atoms with Crippen LogP contribution in [0.1, 0.15) is 55.0 Å². The first-order chi connectivity index (χ1) is 19.2. The monoisotopic (exact) mass is 579 g/mol. The molecule has 0 aliphatic carbocycles. The number of pyridine rings is 1. The van der Waals surface area contributed by atoms with Crippen LogP contribution >= 0.6 is 0 Å². The molecule has 3 aromatic rings. The third-order valence-electron chi connectivity index (χ3n) is 8.62. The summed E-state index contributed by atoms with van der Waals surface area (Å²) in [6, 6.07) is 8.47. The number of piperidine rings is 3. The highest BCUT2D eigenvalue weighted by atomic mass is 19.4. The third kappa shape index (κ3) is 5.81. The predicted octanol–water partition coefficient (Wildman–Crippen LogP) is 7.70. The Morgan fingerprint density at radius 2 is 1.73 bits per heavy atom. The minimum Gasteiger partial charge on any atom is -0.491 e. The number of ether oxygens (including phenoxy) is 1. The summed E-state index contributed by atoms with van der Waals surface area (Å²) in [6.07, 6.45) is -6.24. The van der Waals surface area contributed by atoms with Gasteiger partial charge in [0.05, 0.1) is 35.8 Å². The van der Waals surface area contributed by atoms with E-state index < -0.39 is 35.6 Å². The lowest BCUT2D eigenvalue weighted by molar-refractivity contribution is -0.984. The van der Waals surface area contributed by atoms with E-state index in [-0.39, 0.29) is 40.6 Å². The zero-order valence-electron chi connectivity index (χ0n) is 22.8. The molecule has 1 aromatic heterocycles. The number of alkyl halides is 6. The molecule has 3 aliphatic rings. The molecule has 0 radical (unpaired) electrons. The lowest BCUT2D eigenvalue weighted by Gasteiger charge is -2.58. The number of halogens is 6. The van der Waals surface area contributed by atoms with Crippen LogP contribution in [0.2, 0.25) is 0 Å². The van der Waals surface area contributed by atoms with Crippen LogP contribution in [-0.2, 0) is 18.9 Å². The van der Waals surface area contributed by atoms with E-state index in [1.54, 1.807) is 24.4 Å². The van der Waals surface area contributed by atoms with E-state index in [1.807, 2.05) is 26.0 Å². The average molecular weight is 580 g/mol. The molecular formula is C31H33F6N2O2+. The summed E-state index contributed by atoms with van der Waals surface area (Å²) < 4.78 is 88.0. The van der Waals surface area contributed by atoms with Crippen molar-refractivity contribution in [3.8, 4) is 5.75 Å². The van der Waals surface area contributed by atoms with Crippen LogP contribution in [-0.4, -0.2) is 39.8 Å². The molecule has 3 aliphatic heterocycles. The molecule has 0 amide bonds. The quantitative estimate of drug-likeness (QED) is 0.177. The molecule has 6 rings (SSSR count). The van der Waals surface area contributed by atoms with E-state index in [9.17, 15) is 31.4 Å². The number of nitrogens with zero attached hydrogens (tertiary/aromatic N) is 2. The molecule has 3 saturated heterocycles. The first-order valence-corrected chi connectivity index (χ1v) is 13.7. The molecule has 4 heterocycles. The molecule has 2 bridgehead atoms.